The molecule has 1 aromatic carbocycles. The Hall–Kier alpha value is -2.15. The van der Waals surface area contributed by atoms with Gasteiger partial charge in [-0.2, -0.15) is 0 Å². The third-order valence-electron chi connectivity index (χ3n) is 8.32. The van der Waals surface area contributed by atoms with E-state index in [2.05, 4.69) is 42.7 Å². The molecule has 2 aliphatic rings. The number of rotatable bonds is 7. The van der Waals surface area contributed by atoms with Gasteiger partial charge in [0, 0.05) is 11.4 Å². The van der Waals surface area contributed by atoms with Crippen molar-refractivity contribution in [2.45, 2.75) is 89.4 Å². The Morgan fingerprint density at radius 3 is 1.76 bits per heavy atom. The second kappa shape index (κ2) is 11.3. The number of aromatic nitrogens is 2. The Bertz CT molecular complexity index is 1210. The van der Waals surface area contributed by atoms with Crippen molar-refractivity contribution in [1.29, 1.82) is 0 Å². The largest absolute Gasteiger partial charge is 0.464 e. The molecule has 194 valence electrons. The molecule has 0 bridgehead atoms. The van der Waals surface area contributed by atoms with Crippen LogP contribution in [0.15, 0.2) is 69.9 Å². The third kappa shape index (κ3) is 5.13. The Morgan fingerprint density at radius 2 is 1.27 bits per heavy atom. The summed E-state index contributed by atoms with van der Waals surface area (Å²) in [6, 6.07) is 17.6. The molecule has 0 unspecified atom stereocenters. The van der Waals surface area contributed by atoms with Crippen LogP contribution in [0.1, 0.15) is 75.6 Å². The van der Waals surface area contributed by atoms with E-state index in [1.807, 2.05) is 24.3 Å². The molecule has 4 aromatic rings. The average Bonchev–Trinajstić information content (AvgIpc) is 3.71. The lowest BCUT2D eigenvalue weighted by atomic mass is 9.99. The maximum Gasteiger partial charge on any atom is 0.152 e. The summed E-state index contributed by atoms with van der Waals surface area (Å²) in [6.45, 7) is 4.28. The van der Waals surface area contributed by atoms with E-state index in [0.717, 1.165) is 33.6 Å². The predicted octanol–water partition coefficient (Wildman–Crippen LogP) is 7.21. The zero-order valence-electron chi connectivity index (χ0n) is 22.1. The molecular formula is C31H38N2O2P2. The standard InChI is InChI=1S/C31H38N2O2P2/c1-23-24(2)33(31(32-23)37(29-15-9-21-34-29)30-16-10-22-35-30)25-17-19-28(20-18-25)36(26-11-5-3-6-12-26)27-13-7-4-8-14-27/h9-10,15-22,26-27H,3-8,11-14H2,1-2H3. The van der Waals surface area contributed by atoms with Crippen LogP contribution in [0.3, 0.4) is 0 Å². The van der Waals surface area contributed by atoms with E-state index in [9.17, 15) is 0 Å². The minimum absolute atomic E-state index is 0.106. The Labute approximate surface area is 223 Å². The van der Waals surface area contributed by atoms with Gasteiger partial charge in [0.15, 0.2) is 5.57 Å². The molecule has 0 atom stereocenters. The summed E-state index contributed by atoms with van der Waals surface area (Å²) in [4.78, 5) is 5.08. The Kier molecular flexibility index (Phi) is 7.68. The number of nitrogens with zero attached hydrogens (tertiary/aromatic N) is 2. The van der Waals surface area contributed by atoms with Crippen LogP contribution in [0.2, 0.25) is 0 Å². The maximum absolute atomic E-state index is 5.92. The van der Waals surface area contributed by atoms with Crippen LogP contribution < -0.4 is 21.9 Å². The monoisotopic (exact) mass is 532 g/mol. The predicted molar refractivity (Wildman–Crippen MR) is 157 cm³/mol. The lowest BCUT2D eigenvalue weighted by Gasteiger charge is -2.38. The molecule has 0 N–H and O–H groups in total. The van der Waals surface area contributed by atoms with Crippen molar-refractivity contribution in [2.24, 2.45) is 0 Å². The van der Waals surface area contributed by atoms with E-state index < -0.39 is 7.92 Å². The molecule has 4 nitrogen and oxygen atoms in total. The summed E-state index contributed by atoms with van der Waals surface area (Å²) in [5.74, 6) is 0. The van der Waals surface area contributed by atoms with Gasteiger partial charge in [0.25, 0.3) is 0 Å². The van der Waals surface area contributed by atoms with Gasteiger partial charge in [0.1, 0.15) is 18.9 Å². The Morgan fingerprint density at radius 1 is 0.730 bits per heavy atom. The fourth-order valence-electron chi connectivity index (χ4n) is 6.36. The number of furan rings is 2. The molecule has 0 aliphatic heterocycles. The zero-order valence-corrected chi connectivity index (χ0v) is 23.9. The van der Waals surface area contributed by atoms with E-state index in [1.165, 1.54) is 75.6 Å². The summed E-state index contributed by atoms with van der Waals surface area (Å²) in [6.07, 6.45) is 17.8. The lowest BCUT2D eigenvalue weighted by Crippen LogP contribution is -2.27. The van der Waals surface area contributed by atoms with E-state index in [1.54, 1.807) is 17.8 Å². The molecule has 0 radical (unpaired) electrons. The molecule has 2 saturated carbocycles. The van der Waals surface area contributed by atoms with Crippen LogP contribution in [-0.2, 0) is 0 Å². The van der Waals surface area contributed by atoms with Crippen LogP contribution >= 0.6 is 15.8 Å². The van der Waals surface area contributed by atoms with Crippen molar-refractivity contribution in [3.63, 3.8) is 0 Å². The van der Waals surface area contributed by atoms with E-state index in [4.69, 9.17) is 13.8 Å². The van der Waals surface area contributed by atoms with Crippen molar-refractivity contribution >= 4 is 37.7 Å². The van der Waals surface area contributed by atoms with Gasteiger partial charge in [-0.3, -0.25) is 4.57 Å². The van der Waals surface area contributed by atoms with Gasteiger partial charge in [-0.15, -0.1) is 0 Å². The highest BCUT2D eigenvalue weighted by molar-refractivity contribution is 7.78. The summed E-state index contributed by atoms with van der Waals surface area (Å²) >= 11 is 0. The van der Waals surface area contributed by atoms with Crippen LogP contribution in [0.4, 0.5) is 0 Å². The van der Waals surface area contributed by atoms with E-state index in [0.29, 0.717) is 0 Å². The van der Waals surface area contributed by atoms with Gasteiger partial charge in [-0.25, -0.2) is 4.98 Å². The van der Waals surface area contributed by atoms with Crippen molar-refractivity contribution < 1.29 is 8.83 Å². The molecule has 6 heteroatoms. The fraction of sp³-hybridized carbons (Fsp3) is 0.452. The highest BCUT2D eigenvalue weighted by Crippen LogP contribution is 2.54. The molecule has 6 rings (SSSR count). The molecular weight excluding hydrogens is 494 g/mol. The van der Waals surface area contributed by atoms with Gasteiger partial charge in [-0.05, 0) is 92.6 Å². The summed E-state index contributed by atoms with van der Waals surface area (Å²) in [5.41, 5.74) is 8.06. The Balaban J connectivity index is 1.38. The van der Waals surface area contributed by atoms with Crippen molar-refractivity contribution in [3.05, 3.63) is 72.4 Å². The van der Waals surface area contributed by atoms with E-state index in [-0.39, 0.29) is 7.92 Å². The number of imidazole rings is 1. The quantitative estimate of drug-likeness (QED) is 0.236. The molecule has 0 saturated heterocycles. The zero-order chi connectivity index (χ0) is 25.2. The van der Waals surface area contributed by atoms with Gasteiger partial charge in [0.05, 0.1) is 18.2 Å². The van der Waals surface area contributed by atoms with Crippen LogP contribution in [-0.4, -0.2) is 20.9 Å². The number of benzene rings is 1. The molecule has 37 heavy (non-hydrogen) atoms. The van der Waals surface area contributed by atoms with Crippen LogP contribution in [0.5, 0.6) is 0 Å². The molecule has 3 aromatic heterocycles. The van der Waals surface area contributed by atoms with Crippen LogP contribution in [0, 0.1) is 13.8 Å². The fourth-order valence-corrected chi connectivity index (χ4v) is 12.3. The molecule has 2 fully saturated rings. The van der Waals surface area contributed by atoms with Crippen molar-refractivity contribution in [2.75, 3.05) is 0 Å². The topological polar surface area (TPSA) is 44.1 Å². The summed E-state index contributed by atoms with van der Waals surface area (Å²) in [5, 5.41) is 1.62. The third-order valence-corrected chi connectivity index (χ3v) is 13.9. The summed E-state index contributed by atoms with van der Waals surface area (Å²) < 4.78 is 14.2. The minimum Gasteiger partial charge on any atom is -0.464 e. The van der Waals surface area contributed by atoms with Crippen molar-refractivity contribution in [1.82, 2.24) is 9.55 Å². The van der Waals surface area contributed by atoms with Gasteiger partial charge in [0.2, 0.25) is 0 Å². The maximum atomic E-state index is 5.92. The molecule has 0 spiro atoms. The molecule has 3 heterocycles. The van der Waals surface area contributed by atoms with Gasteiger partial charge in [-0.1, -0.05) is 58.6 Å². The summed E-state index contributed by atoms with van der Waals surface area (Å²) in [7, 11) is -1.14. The first-order chi connectivity index (χ1) is 18.2. The number of hydrogen-bond donors (Lipinski definition) is 0. The van der Waals surface area contributed by atoms with E-state index >= 15 is 0 Å². The first-order valence-electron chi connectivity index (χ1n) is 14.0. The first-order valence-corrected chi connectivity index (χ1v) is 16.8. The lowest BCUT2D eigenvalue weighted by molar-refractivity contribution is 0.487. The van der Waals surface area contributed by atoms with Crippen molar-refractivity contribution in [3.8, 4) is 5.69 Å². The number of hydrogen-bond acceptors (Lipinski definition) is 3. The minimum atomic E-state index is -1.03. The van der Waals surface area contributed by atoms with Gasteiger partial charge >= 0.3 is 0 Å². The second-order valence-corrected chi connectivity index (χ2v) is 15.4. The highest BCUT2D eigenvalue weighted by Gasteiger charge is 2.33. The van der Waals surface area contributed by atoms with Gasteiger partial charge < -0.3 is 8.83 Å². The highest BCUT2D eigenvalue weighted by atomic mass is 31.1. The second-order valence-electron chi connectivity index (χ2n) is 10.7. The normalized spacial score (nSPS) is 17.7. The molecule has 2 aliphatic carbocycles. The molecule has 0 amide bonds. The smallest absolute Gasteiger partial charge is 0.152 e. The average molecular weight is 533 g/mol. The van der Waals surface area contributed by atoms with Crippen LogP contribution in [0.25, 0.3) is 5.69 Å². The number of aryl methyl sites for hydroxylation is 1. The first kappa shape index (κ1) is 25.1. The SMILES string of the molecule is Cc1nc(P(c2ccco2)c2ccco2)n(-c2ccc(P(C3CCCCC3)C3CCCCC3)cc2)c1C.